The van der Waals surface area contributed by atoms with Crippen molar-refractivity contribution in [3.8, 4) is 0 Å². The minimum atomic E-state index is 0. The van der Waals surface area contributed by atoms with Crippen LogP contribution in [0, 0.1) is 11.8 Å². The van der Waals surface area contributed by atoms with Gasteiger partial charge in [0.25, 0.3) is 0 Å². The molecule has 0 aromatic rings. The van der Waals surface area contributed by atoms with Crippen LogP contribution in [-0.2, 0) is 0 Å². The molecule has 0 unspecified atom stereocenters. The van der Waals surface area contributed by atoms with Crippen LogP contribution in [0.4, 0.5) is 0 Å². The van der Waals surface area contributed by atoms with E-state index in [0.29, 0.717) is 0 Å². The Kier molecular flexibility index (Phi) is 2.55. The zero-order chi connectivity index (χ0) is 6.27. The van der Waals surface area contributed by atoms with Crippen LogP contribution in [-0.4, -0.2) is 24.3 Å². The van der Waals surface area contributed by atoms with Crippen LogP contribution in [0.15, 0.2) is 0 Å². The van der Waals surface area contributed by atoms with Crippen LogP contribution in [0.5, 0.6) is 0 Å². The lowest BCUT2D eigenvalue weighted by molar-refractivity contribution is 0.173. The van der Waals surface area contributed by atoms with Crippen molar-refractivity contribution in [3.05, 3.63) is 0 Å². The van der Waals surface area contributed by atoms with Crippen LogP contribution in [0.1, 0.15) is 12.8 Å². The zero-order valence-corrected chi connectivity index (χ0v) is 6.73. The number of halogens is 1. The van der Waals surface area contributed by atoms with Crippen LogP contribution in [0.2, 0.25) is 0 Å². The van der Waals surface area contributed by atoms with Crippen LogP contribution in [0.3, 0.4) is 0 Å². The molecule has 0 spiro atoms. The maximum atomic E-state index is 9.21. The molecule has 3 atom stereocenters. The second-order valence-electron chi connectivity index (χ2n) is 3.30. The summed E-state index contributed by atoms with van der Waals surface area (Å²) in [6.45, 7) is 2.28. The molecule has 1 aliphatic heterocycles. The highest BCUT2D eigenvalue weighted by molar-refractivity contribution is 5.85. The lowest BCUT2D eigenvalue weighted by atomic mass is 10.0. The van der Waals surface area contributed by atoms with Crippen LogP contribution < -0.4 is 5.32 Å². The highest BCUT2D eigenvalue weighted by atomic mass is 35.5. The monoisotopic (exact) mass is 163 g/mol. The van der Waals surface area contributed by atoms with E-state index in [-0.39, 0.29) is 18.5 Å². The van der Waals surface area contributed by atoms with Gasteiger partial charge in [-0.15, -0.1) is 12.4 Å². The van der Waals surface area contributed by atoms with Gasteiger partial charge in [-0.2, -0.15) is 0 Å². The van der Waals surface area contributed by atoms with E-state index in [0.717, 1.165) is 37.8 Å². The summed E-state index contributed by atoms with van der Waals surface area (Å²) in [4.78, 5) is 0. The molecule has 1 saturated heterocycles. The number of rotatable bonds is 0. The molecule has 0 radical (unpaired) electrons. The molecule has 0 aromatic heterocycles. The summed E-state index contributed by atoms with van der Waals surface area (Å²) in [7, 11) is 0. The van der Waals surface area contributed by atoms with E-state index in [4.69, 9.17) is 0 Å². The van der Waals surface area contributed by atoms with Gasteiger partial charge in [0, 0.05) is 0 Å². The average Bonchev–Trinajstić information content (AvgIpc) is 2.22. The van der Waals surface area contributed by atoms with Crippen LogP contribution in [0.25, 0.3) is 0 Å². The van der Waals surface area contributed by atoms with Gasteiger partial charge in [0.1, 0.15) is 0 Å². The Bertz CT molecular complexity index is 108. The van der Waals surface area contributed by atoms with E-state index in [2.05, 4.69) is 5.32 Å². The van der Waals surface area contributed by atoms with Crippen molar-refractivity contribution in [1.29, 1.82) is 0 Å². The molecule has 1 heterocycles. The summed E-state index contributed by atoms with van der Waals surface area (Å²) in [5, 5.41) is 12.5. The Morgan fingerprint density at radius 3 is 2.10 bits per heavy atom. The number of hydrogen-bond donors (Lipinski definition) is 2. The molecule has 60 valence electrons. The van der Waals surface area contributed by atoms with E-state index < -0.39 is 0 Å². The van der Waals surface area contributed by atoms with Gasteiger partial charge in [-0.25, -0.2) is 0 Å². The summed E-state index contributed by atoms with van der Waals surface area (Å²) in [5.74, 6) is 1.58. The largest absolute Gasteiger partial charge is 0.393 e. The highest BCUT2D eigenvalue weighted by Gasteiger charge is 2.35. The Morgan fingerprint density at radius 1 is 1.10 bits per heavy atom. The Morgan fingerprint density at radius 2 is 1.60 bits per heavy atom. The van der Waals surface area contributed by atoms with Gasteiger partial charge in [-0.1, -0.05) is 0 Å². The predicted octanol–water partition coefficient (Wildman–Crippen LogP) is 0.398. The Labute approximate surface area is 67.4 Å². The summed E-state index contributed by atoms with van der Waals surface area (Å²) in [6, 6.07) is 0. The molecule has 0 aromatic carbocycles. The summed E-state index contributed by atoms with van der Waals surface area (Å²) in [6.07, 6.45) is 2.09. The molecule has 2 nitrogen and oxygen atoms in total. The smallest absolute Gasteiger partial charge is 0.0546 e. The topological polar surface area (TPSA) is 32.3 Å². The number of aliphatic hydroxyl groups is 1. The predicted molar refractivity (Wildman–Crippen MR) is 42.3 cm³/mol. The van der Waals surface area contributed by atoms with Crippen molar-refractivity contribution in [3.63, 3.8) is 0 Å². The second kappa shape index (κ2) is 3.07. The number of fused-ring (bicyclic) bond motifs is 1. The fraction of sp³-hybridized carbons (Fsp3) is 1.00. The molecule has 2 fully saturated rings. The Balaban J connectivity index is 0.000000500. The van der Waals surface area contributed by atoms with E-state index in [1.165, 1.54) is 0 Å². The van der Waals surface area contributed by atoms with Crippen molar-refractivity contribution in [2.45, 2.75) is 18.9 Å². The number of hydrogen-bond acceptors (Lipinski definition) is 2. The average molecular weight is 164 g/mol. The third-order valence-corrected chi connectivity index (χ3v) is 2.63. The van der Waals surface area contributed by atoms with E-state index >= 15 is 0 Å². The quantitative estimate of drug-likeness (QED) is 0.542. The minimum absolute atomic E-state index is 0. The van der Waals surface area contributed by atoms with Crippen molar-refractivity contribution in [1.82, 2.24) is 5.32 Å². The van der Waals surface area contributed by atoms with Crippen molar-refractivity contribution in [2.75, 3.05) is 13.1 Å². The molecule has 0 bridgehead atoms. The fourth-order valence-corrected chi connectivity index (χ4v) is 2.13. The maximum Gasteiger partial charge on any atom is 0.0546 e. The lowest BCUT2D eigenvalue weighted by Crippen LogP contribution is -2.13. The Hall–Kier alpha value is 0.210. The van der Waals surface area contributed by atoms with E-state index in [9.17, 15) is 5.11 Å². The standard InChI is InChI=1S/C7H13NO.ClH/c9-7-1-5-3-8-4-6(5)2-7;/h5-9H,1-4H2;1H/t5-,6+,7-;. The first-order chi connectivity index (χ1) is 4.36. The summed E-state index contributed by atoms with van der Waals surface area (Å²) in [5.41, 5.74) is 0. The van der Waals surface area contributed by atoms with Crippen molar-refractivity contribution >= 4 is 12.4 Å². The third-order valence-electron chi connectivity index (χ3n) is 2.63. The molecule has 1 aliphatic carbocycles. The molecule has 10 heavy (non-hydrogen) atoms. The molecule has 0 amide bonds. The van der Waals surface area contributed by atoms with Gasteiger partial charge in [0.05, 0.1) is 6.10 Å². The van der Waals surface area contributed by atoms with Crippen molar-refractivity contribution in [2.24, 2.45) is 11.8 Å². The molecular weight excluding hydrogens is 150 g/mol. The fourth-order valence-electron chi connectivity index (χ4n) is 2.13. The van der Waals surface area contributed by atoms with Gasteiger partial charge in [-0.05, 0) is 37.8 Å². The first kappa shape index (κ1) is 8.31. The minimum Gasteiger partial charge on any atom is -0.393 e. The summed E-state index contributed by atoms with van der Waals surface area (Å²) < 4.78 is 0. The molecule has 1 saturated carbocycles. The zero-order valence-electron chi connectivity index (χ0n) is 5.92. The first-order valence-corrected chi connectivity index (χ1v) is 3.75. The van der Waals surface area contributed by atoms with Gasteiger partial charge < -0.3 is 10.4 Å². The molecule has 2 N–H and O–H groups in total. The number of nitrogens with one attached hydrogen (secondary N) is 1. The highest BCUT2D eigenvalue weighted by Crippen LogP contribution is 2.33. The molecule has 2 rings (SSSR count). The summed E-state index contributed by atoms with van der Waals surface area (Å²) >= 11 is 0. The second-order valence-corrected chi connectivity index (χ2v) is 3.30. The molecule has 3 heteroatoms. The maximum absolute atomic E-state index is 9.21. The van der Waals surface area contributed by atoms with Gasteiger partial charge in [0.2, 0.25) is 0 Å². The molecular formula is C7H14ClNO. The van der Waals surface area contributed by atoms with E-state index in [1.54, 1.807) is 0 Å². The van der Waals surface area contributed by atoms with Crippen LogP contribution >= 0.6 is 12.4 Å². The van der Waals surface area contributed by atoms with Crippen molar-refractivity contribution < 1.29 is 5.11 Å². The van der Waals surface area contributed by atoms with Gasteiger partial charge in [0.15, 0.2) is 0 Å². The number of aliphatic hydroxyl groups excluding tert-OH is 1. The first-order valence-electron chi connectivity index (χ1n) is 3.75. The SMILES string of the molecule is Cl.O[C@H]1C[C@H]2CNC[C@H]2C1. The van der Waals surface area contributed by atoms with Gasteiger partial charge >= 0.3 is 0 Å². The van der Waals surface area contributed by atoms with E-state index in [1.807, 2.05) is 0 Å². The lowest BCUT2D eigenvalue weighted by Gasteiger charge is -2.02. The normalized spacial score (nSPS) is 44.7. The third kappa shape index (κ3) is 1.29. The molecule has 2 aliphatic rings. The van der Waals surface area contributed by atoms with Gasteiger partial charge in [-0.3, -0.25) is 0 Å².